The predicted molar refractivity (Wildman–Crippen MR) is 111 cm³/mol. The zero-order valence-corrected chi connectivity index (χ0v) is 17.6. The van der Waals surface area contributed by atoms with Crippen LogP contribution in [0.4, 0.5) is 10.1 Å². The Hall–Kier alpha value is -3.44. The highest BCUT2D eigenvalue weighted by molar-refractivity contribution is 7.93. The van der Waals surface area contributed by atoms with Gasteiger partial charge in [-0.1, -0.05) is 17.3 Å². The van der Waals surface area contributed by atoms with Gasteiger partial charge in [-0.05, 0) is 35.7 Å². The van der Waals surface area contributed by atoms with Crippen molar-refractivity contribution in [2.24, 2.45) is 0 Å². The first-order valence-electron chi connectivity index (χ1n) is 8.99. The third-order valence-corrected chi connectivity index (χ3v) is 7.55. The first kappa shape index (κ1) is 19.5. The summed E-state index contributed by atoms with van der Waals surface area (Å²) in [4.78, 5) is 4.58. The van der Waals surface area contributed by atoms with Gasteiger partial charge >= 0.3 is 0 Å². The van der Waals surface area contributed by atoms with Crippen molar-refractivity contribution in [3.63, 3.8) is 0 Å². The second kappa shape index (κ2) is 7.36. The number of thiophene rings is 1. The van der Waals surface area contributed by atoms with Gasteiger partial charge in [-0.2, -0.15) is 4.98 Å². The van der Waals surface area contributed by atoms with Crippen LogP contribution in [0.2, 0.25) is 0 Å². The quantitative estimate of drug-likeness (QED) is 0.442. The van der Waals surface area contributed by atoms with Gasteiger partial charge in [0.05, 0.1) is 5.69 Å². The number of benzene rings is 2. The van der Waals surface area contributed by atoms with Crippen molar-refractivity contribution in [1.82, 2.24) is 10.1 Å². The van der Waals surface area contributed by atoms with Gasteiger partial charge in [0.2, 0.25) is 12.6 Å². The van der Waals surface area contributed by atoms with Crippen molar-refractivity contribution < 1.29 is 26.8 Å². The molecule has 0 saturated carbocycles. The van der Waals surface area contributed by atoms with E-state index in [2.05, 4.69) is 10.1 Å². The van der Waals surface area contributed by atoms with Crippen LogP contribution in [0.3, 0.4) is 0 Å². The maximum atomic E-state index is 13.5. The third-order valence-electron chi connectivity index (χ3n) is 4.69. The normalized spacial score (nSPS) is 12.8. The van der Waals surface area contributed by atoms with Gasteiger partial charge in [0.15, 0.2) is 11.5 Å². The Morgan fingerprint density at radius 1 is 1.10 bits per heavy atom. The molecule has 1 aliphatic heterocycles. The fourth-order valence-corrected chi connectivity index (χ4v) is 5.59. The Kier molecular flexibility index (Phi) is 4.63. The maximum Gasteiger partial charge on any atom is 0.269 e. The molecule has 3 heterocycles. The lowest BCUT2D eigenvalue weighted by atomic mass is 10.2. The van der Waals surface area contributed by atoms with Crippen molar-refractivity contribution in [2.75, 3.05) is 18.1 Å². The minimum absolute atomic E-state index is 0.0205. The summed E-state index contributed by atoms with van der Waals surface area (Å²) < 4.78 is 57.2. The smallest absolute Gasteiger partial charge is 0.269 e. The number of halogens is 1. The Morgan fingerprint density at radius 2 is 1.94 bits per heavy atom. The summed E-state index contributed by atoms with van der Waals surface area (Å²) in [5.74, 6) is 0.791. The average molecular weight is 459 g/mol. The maximum absolute atomic E-state index is 13.5. The van der Waals surface area contributed by atoms with Crippen LogP contribution in [0.5, 0.6) is 11.5 Å². The molecule has 1 aliphatic rings. The second-order valence-corrected chi connectivity index (χ2v) is 9.41. The van der Waals surface area contributed by atoms with E-state index in [1.807, 2.05) is 0 Å². The minimum atomic E-state index is -3.95. The van der Waals surface area contributed by atoms with Gasteiger partial charge in [0.1, 0.15) is 15.6 Å². The van der Waals surface area contributed by atoms with E-state index in [0.717, 1.165) is 15.6 Å². The zero-order valence-electron chi connectivity index (χ0n) is 16.0. The summed E-state index contributed by atoms with van der Waals surface area (Å²) in [6, 6.07) is 12.1. The largest absolute Gasteiger partial charge is 0.454 e. The molecule has 158 valence electrons. The number of ether oxygens (including phenoxy) is 2. The van der Waals surface area contributed by atoms with Crippen LogP contribution in [0.25, 0.3) is 22.2 Å². The predicted octanol–water partition coefficient (Wildman–Crippen LogP) is 4.16. The summed E-state index contributed by atoms with van der Waals surface area (Å²) in [5, 5.41) is 5.49. The molecule has 0 unspecified atom stereocenters. The molecule has 0 spiro atoms. The molecule has 0 radical (unpaired) electrons. The number of hydrogen-bond donors (Lipinski definition) is 0. The van der Waals surface area contributed by atoms with E-state index < -0.39 is 15.8 Å². The average Bonchev–Trinajstić information content (AvgIpc) is 3.52. The topological polar surface area (TPSA) is 94.8 Å². The lowest BCUT2D eigenvalue weighted by Gasteiger charge is -2.19. The summed E-state index contributed by atoms with van der Waals surface area (Å²) in [7, 11) is -2.50. The molecule has 0 amide bonds. The Labute approximate surface area is 180 Å². The fraction of sp³-hybridized carbons (Fsp3) is 0.100. The Morgan fingerprint density at radius 3 is 2.77 bits per heavy atom. The zero-order chi connectivity index (χ0) is 21.6. The molecule has 4 aromatic rings. The molecule has 0 bridgehead atoms. The monoisotopic (exact) mass is 459 g/mol. The van der Waals surface area contributed by atoms with E-state index in [1.165, 1.54) is 31.3 Å². The third kappa shape index (κ3) is 3.41. The van der Waals surface area contributed by atoms with Gasteiger partial charge in [-0.15, -0.1) is 11.3 Å². The van der Waals surface area contributed by atoms with Crippen molar-refractivity contribution in [1.29, 1.82) is 0 Å². The minimum Gasteiger partial charge on any atom is -0.454 e. The molecule has 0 N–H and O–H groups in total. The van der Waals surface area contributed by atoms with E-state index in [4.69, 9.17) is 14.0 Å². The van der Waals surface area contributed by atoms with Gasteiger partial charge in [-0.25, -0.2) is 12.8 Å². The van der Waals surface area contributed by atoms with Gasteiger partial charge < -0.3 is 14.0 Å². The van der Waals surface area contributed by atoms with Crippen LogP contribution in [-0.2, 0) is 10.0 Å². The van der Waals surface area contributed by atoms with Crippen LogP contribution < -0.4 is 13.8 Å². The molecular weight excluding hydrogens is 445 g/mol. The van der Waals surface area contributed by atoms with Gasteiger partial charge in [-0.3, -0.25) is 4.31 Å². The van der Waals surface area contributed by atoms with Crippen LogP contribution in [0.15, 0.2) is 63.3 Å². The first-order valence-corrected chi connectivity index (χ1v) is 11.3. The van der Waals surface area contributed by atoms with Crippen LogP contribution in [0, 0.1) is 5.82 Å². The van der Waals surface area contributed by atoms with Crippen molar-refractivity contribution in [3.05, 3.63) is 59.7 Å². The van der Waals surface area contributed by atoms with Crippen LogP contribution in [0.1, 0.15) is 0 Å². The Balaban J connectivity index is 1.50. The van der Waals surface area contributed by atoms with Crippen molar-refractivity contribution in [3.8, 4) is 33.7 Å². The molecule has 11 heteroatoms. The standard InChI is InChI=1S/C20H14FN3O5S2/c1-24(14-5-6-15-16(10-14)28-11-27-15)31(25,26)17-7-8-30-18(17)20-22-19(23-29-20)12-3-2-4-13(21)9-12/h2-10H,11H2,1H3. The first-order chi connectivity index (χ1) is 14.9. The summed E-state index contributed by atoms with van der Waals surface area (Å²) in [5.41, 5.74) is 0.834. The number of fused-ring (bicyclic) bond motifs is 1. The molecule has 5 rings (SSSR count). The Bertz CT molecular complexity index is 1380. The molecular formula is C20H14FN3O5S2. The second-order valence-electron chi connectivity index (χ2n) is 6.56. The molecule has 2 aromatic carbocycles. The number of hydrogen-bond acceptors (Lipinski definition) is 8. The van der Waals surface area contributed by atoms with Crippen LogP contribution >= 0.6 is 11.3 Å². The number of anilines is 1. The number of aromatic nitrogens is 2. The highest BCUT2D eigenvalue weighted by Gasteiger charge is 2.29. The van der Waals surface area contributed by atoms with Crippen molar-refractivity contribution in [2.45, 2.75) is 4.90 Å². The molecule has 8 nitrogen and oxygen atoms in total. The molecule has 0 aliphatic carbocycles. The van der Waals surface area contributed by atoms with Crippen LogP contribution in [-0.4, -0.2) is 32.4 Å². The fourth-order valence-electron chi connectivity index (χ4n) is 3.08. The van der Waals surface area contributed by atoms with Gasteiger partial charge in [0.25, 0.3) is 15.9 Å². The molecule has 0 atom stereocenters. The summed E-state index contributed by atoms with van der Waals surface area (Å²) in [6.07, 6.45) is 0. The van der Waals surface area contributed by atoms with E-state index in [-0.39, 0.29) is 23.4 Å². The summed E-state index contributed by atoms with van der Waals surface area (Å²) >= 11 is 1.15. The number of nitrogens with zero attached hydrogens (tertiary/aromatic N) is 3. The SMILES string of the molecule is CN(c1ccc2c(c1)OCO2)S(=O)(=O)c1ccsc1-c1nc(-c2cccc(F)c2)no1. The van der Waals surface area contributed by atoms with E-state index in [9.17, 15) is 12.8 Å². The number of rotatable bonds is 5. The van der Waals surface area contributed by atoms with Crippen molar-refractivity contribution >= 4 is 27.0 Å². The van der Waals surface area contributed by atoms with E-state index >= 15 is 0 Å². The summed E-state index contributed by atoms with van der Waals surface area (Å²) in [6.45, 7) is 0.0920. The lowest BCUT2D eigenvalue weighted by molar-refractivity contribution is 0.174. The molecule has 31 heavy (non-hydrogen) atoms. The van der Waals surface area contributed by atoms with Gasteiger partial charge in [0, 0.05) is 18.7 Å². The highest BCUT2D eigenvalue weighted by Crippen LogP contribution is 2.39. The lowest BCUT2D eigenvalue weighted by Crippen LogP contribution is -2.26. The molecule has 2 aromatic heterocycles. The molecule has 0 saturated heterocycles. The van der Waals surface area contributed by atoms with E-state index in [1.54, 1.807) is 29.6 Å². The highest BCUT2D eigenvalue weighted by atomic mass is 32.2. The molecule has 0 fully saturated rings. The number of sulfonamides is 1. The van der Waals surface area contributed by atoms with E-state index in [0.29, 0.717) is 27.6 Å².